The molecule has 2 aromatic carbocycles. The first-order valence-corrected chi connectivity index (χ1v) is 9.72. The standard InChI is InChI=1S/C16H17IN2O3S/c1-3-23(21,22)19-14-7-4-12(5-8-14)16(20)18-15-9-6-13(17)10-11(15)2/h4-10,19H,3H2,1-2H3,(H,18,20). The Morgan fingerprint density at radius 2 is 1.78 bits per heavy atom. The molecule has 0 aromatic heterocycles. The van der Waals surface area contributed by atoms with E-state index >= 15 is 0 Å². The van der Waals surface area contributed by atoms with Crippen molar-refractivity contribution < 1.29 is 13.2 Å². The highest BCUT2D eigenvalue weighted by Crippen LogP contribution is 2.19. The summed E-state index contributed by atoms with van der Waals surface area (Å²) in [6, 6.07) is 12.1. The predicted molar refractivity (Wildman–Crippen MR) is 101 cm³/mol. The molecule has 2 rings (SSSR count). The van der Waals surface area contributed by atoms with Gasteiger partial charge in [0.05, 0.1) is 5.75 Å². The normalized spacial score (nSPS) is 11.1. The molecule has 0 unspecified atom stereocenters. The van der Waals surface area contributed by atoms with Crippen molar-refractivity contribution in [2.45, 2.75) is 13.8 Å². The Labute approximate surface area is 149 Å². The maximum absolute atomic E-state index is 12.3. The number of benzene rings is 2. The molecule has 1 amide bonds. The number of halogens is 1. The summed E-state index contributed by atoms with van der Waals surface area (Å²) in [5.41, 5.74) is 2.64. The Hall–Kier alpha value is -1.61. The van der Waals surface area contributed by atoms with Gasteiger partial charge >= 0.3 is 0 Å². The van der Waals surface area contributed by atoms with Crippen LogP contribution in [0.25, 0.3) is 0 Å². The molecule has 0 radical (unpaired) electrons. The topological polar surface area (TPSA) is 75.3 Å². The molecule has 0 heterocycles. The maximum atomic E-state index is 12.3. The highest BCUT2D eigenvalue weighted by Gasteiger charge is 2.10. The molecule has 0 spiro atoms. The van der Waals surface area contributed by atoms with Crippen LogP contribution < -0.4 is 10.0 Å². The number of hydrogen-bond donors (Lipinski definition) is 2. The number of amides is 1. The number of nitrogens with one attached hydrogen (secondary N) is 2. The predicted octanol–water partition coefficient (Wildman–Crippen LogP) is 3.61. The van der Waals surface area contributed by atoms with Crippen LogP contribution in [0.15, 0.2) is 42.5 Å². The number of anilines is 2. The highest BCUT2D eigenvalue weighted by molar-refractivity contribution is 14.1. The van der Waals surface area contributed by atoms with Crippen molar-refractivity contribution in [2.24, 2.45) is 0 Å². The van der Waals surface area contributed by atoms with Crippen molar-refractivity contribution in [3.8, 4) is 0 Å². The number of carbonyl (C=O) groups excluding carboxylic acids is 1. The van der Waals surface area contributed by atoms with Gasteiger partial charge in [0, 0.05) is 20.5 Å². The highest BCUT2D eigenvalue weighted by atomic mass is 127. The van der Waals surface area contributed by atoms with E-state index in [4.69, 9.17) is 0 Å². The van der Waals surface area contributed by atoms with E-state index in [0.29, 0.717) is 11.3 Å². The van der Waals surface area contributed by atoms with Crippen LogP contribution in [0.4, 0.5) is 11.4 Å². The molecule has 0 fully saturated rings. The van der Waals surface area contributed by atoms with Gasteiger partial charge in [-0.2, -0.15) is 0 Å². The summed E-state index contributed by atoms with van der Waals surface area (Å²) >= 11 is 2.22. The molecule has 2 N–H and O–H groups in total. The van der Waals surface area contributed by atoms with E-state index in [1.807, 2.05) is 25.1 Å². The molecule has 0 aliphatic rings. The second kappa shape index (κ2) is 7.31. The van der Waals surface area contributed by atoms with Gasteiger partial charge in [0.25, 0.3) is 5.91 Å². The molecule has 23 heavy (non-hydrogen) atoms. The Kier molecular flexibility index (Phi) is 5.64. The molecular formula is C16H17IN2O3S. The Balaban J connectivity index is 2.11. The number of carbonyl (C=O) groups is 1. The Morgan fingerprint density at radius 1 is 1.13 bits per heavy atom. The zero-order chi connectivity index (χ0) is 17.0. The van der Waals surface area contributed by atoms with E-state index in [9.17, 15) is 13.2 Å². The summed E-state index contributed by atoms with van der Waals surface area (Å²) in [6.07, 6.45) is 0. The first-order chi connectivity index (χ1) is 10.8. The lowest BCUT2D eigenvalue weighted by atomic mass is 10.1. The van der Waals surface area contributed by atoms with Crippen molar-refractivity contribution in [1.82, 2.24) is 0 Å². The lowest BCUT2D eigenvalue weighted by Gasteiger charge is -2.10. The van der Waals surface area contributed by atoms with Gasteiger partial charge in [-0.1, -0.05) is 0 Å². The number of sulfonamides is 1. The molecule has 0 saturated heterocycles. The van der Waals surface area contributed by atoms with E-state index in [0.717, 1.165) is 14.8 Å². The summed E-state index contributed by atoms with van der Waals surface area (Å²) in [6.45, 7) is 3.49. The van der Waals surface area contributed by atoms with Crippen molar-refractivity contribution in [3.05, 3.63) is 57.2 Å². The number of rotatable bonds is 5. The third-order valence-electron chi connectivity index (χ3n) is 3.24. The summed E-state index contributed by atoms with van der Waals surface area (Å²) in [5.74, 6) is -0.236. The molecule has 0 atom stereocenters. The fraction of sp³-hybridized carbons (Fsp3) is 0.188. The van der Waals surface area contributed by atoms with E-state index in [1.165, 1.54) is 0 Å². The van der Waals surface area contributed by atoms with Crippen LogP contribution in [-0.2, 0) is 10.0 Å². The van der Waals surface area contributed by atoms with Crippen LogP contribution >= 0.6 is 22.6 Å². The van der Waals surface area contributed by atoms with Crippen molar-refractivity contribution in [3.63, 3.8) is 0 Å². The fourth-order valence-corrected chi connectivity index (χ4v) is 3.19. The summed E-state index contributed by atoms with van der Waals surface area (Å²) < 4.78 is 26.5. The van der Waals surface area contributed by atoms with Crippen molar-refractivity contribution in [2.75, 3.05) is 15.8 Å². The molecule has 122 valence electrons. The lowest BCUT2D eigenvalue weighted by molar-refractivity contribution is 0.102. The zero-order valence-electron chi connectivity index (χ0n) is 12.8. The van der Waals surface area contributed by atoms with Crippen LogP contribution in [0.5, 0.6) is 0 Å². The maximum Gasteiger partial charge on any atom is 0.255 e. The van der Waals surface area contributed by atoms with Crippen molar-refractivity contribution >= 4 is 49.9 Å². The summed E-state index contributed by atoms with van der Waals surface area (Å²) in [7, 11) is -3.32. The number of aryl methyl sites for hydroxylation is 1. The lowest BCUT2D eigenvalue weighted by Crippen LogP contribution is -2.15. The molecule has 5 nitrogen and oxygen atoms in total. The zero-order valence-corrected chi connectivity index (χ0v) is 15.7. The summed E-state index contributed by atoms with van der Waals surface area (Å²) in [4.78, 5) is 12.3. The van der Waals surface area contributed by atoms with Gasteiger partial charge in [-0.05, 0) is 84.5 Å². The van der Waals surface area contributed by atoms with E-state index < -0.39 is 10.0 Å². The van der Waals surface area contributed by atoms with Crippen LogP contribution in [-0.4, -0.2) is 20.1 Å². The van der Waals surface area contributed by atoms with E-state index in [1.54, 1.807) is 31.2 Å². The molecule has 0 aliphatic carbocycles. The van der Waals surface area contributed by atoms with Gasteiger partial charge in [0.2, 0.25) is 10.0 Å². The average Bonchev–Trinajstić information content (AvgIpc) is 2.50. The largest absolute Gasteiger partial charge is 0.322 e. The van der Waals surface area contributed by atoms with Crippen LogP contribution in [0.2, 0.25) is 0 Å². The first-order valence-electron chi connectivity index (χ1n) is 6.99. The van der Waals surface area contributed by atoms with Crippen LogP contribution in [0.1, 0.15) is 22.8 Å². The van der Waals surface area contributed by atoms with Gasteiger partial charge in [0.1, 0.15) is 0 Å². The Morgan fingerprint density at radius 3 is 2.35 bits per heavy atom. The molecule has 2 aromatic rings. The van der Waals surface area contributed by atoms with Crippen molar-refractivity contribution in [1.29, 1.82) is 0 Å². The van der Waals surface area contributed by atoms with Gasteiger partial charge in [-0.25, -0.2) is 8.42 Å². The molecule has 0 saturated carbocycles. The quantitative estimate of drug-likeness (QED) is 0.692. The van der Waals surface area contributed by atoms with E-state index in [2.05, 4.69) is 32.6 Å². The fourth-order valence-electron chi connectivity index (χ4n) is 1.90. The van der Waals surface area contributed by atoms with Gasteiger partial charge in [0.15, 0.2) is 0 Å². The van der Waals surface area contributed by atoms with Gasteiger partial charge in [-0.3, -0.25) is 9.52 Å². The second-order valence-corrected chi connectivity index (χ2v) is 8.25. The first kappa shape index (κ1) is 17.7. The SMILES string of the molecule is CCS(=O)(=O)Nc1ccc(C(=O)Nc2ccc(I)cc2C)cc1. The third kappa shape index (κ3) is 4.93. The van der Waals surface area contributed by atoms with Crippen LogP contribution in [0.3, 0.4) is 0 Å². The summed E-state index contributed by atoms with van der Waals surface area (Å²) in [5, 5.41) is 2.85. The van der Waals surface area contributed by atoms with Gasteiger partial charge in [-0.15, -0.1) is 0 Å². The second-order valence-electron chi connectivity index (χ2n) is 5.00. The molecular weight excluding hydrogens is 427 g/mol. The smallest absolute Gasteiger partial charge is 0.255 e. The minimum Gasteiger partial charge on any atom is -0.322 e. The monoisotopic (exact) mass is 444 g/mol. The Bertz CT molecular complexity index is 818. The minimum absolute atomic E-state index is 0.00131. The van der Waals surface area contributed by atoms with Crippen LogP contribution in [0, 0.1) is 10.5 Å². The third-order valence-corrected chi connectivity index (χ3v) is 5.21. The average molecular weight is 444 g/mol. The molecule has 7 heteroatoms. The van der Waals surface area contributed by atoms with Gasteiger partial charge < -0.3 is 5.32 Å². The number of hydrogen-bond acceptors (Lipinski definition) is 3. The van der Waals surface area contributed by atoms with E-state index in [-0.39, 0.29) is 11.7 Å². The minimum atomic E-state index is -3.32. The molecule has 0 bridgehead atoms. The molecule has 0 aliphatic heterocycles.